The highest BCUT2D eigenvalue weighted by Gasteiger charge is 2.36. The predicted octanol–water partition coefficient (Wildman–Crippen LogP) is 6.46. The lowest BCUT2D eigenvalue weighted by molar-refractivity contribution is -0.136. The molecular weight excluding hydrogens is 709 g/mol. The van der Waals surface area contributed by atoms with E-state index in [0.717, 1.165) is 87.3 Å². The normalized spacial score (nSPS) is 17.2. The van der Waals surface area contributed by atoms with Crippen LogP contribution in [0.5, 0.6) is 0 Å². The quantitative estimate of drug-likeness (QED) is 0.110. The summed E-state index contributed by atoms with van der Waals surface area (Å²) in [4.78, 5) is 69.2. The zero-order valence-electron chi connectivity index (χ0n) is 30.9. The largest absolute Gasteiger partial charge is 0.453 e. The van der Waals surface area contributed by atoms with Crippen LogP contribution in [0, 0.1) is 0 Å². The molecule has 56 heavy (non-hydrogen) atoms. The monoisotopic (exact) mass is 750 g/mol. The number of fused-ring (bicyclic) bond motifs is 1. The number of ether oxygens (including phenoxy) is 1. The van der Waals surface area contributed by atoms with Crippen molar-refractivity contribution in [1.82, 2.24) is 40.4 Å². The van der Waals surface area contributed by atoms with Gasteiger partial charge in [-0.15, -0.1) is 0 Å². The van der Waals surface area contributed by atoms with Crippen molar-refractivity contribution in [2.45, 2.75) is 43.8 Å². The summed E-state index contributed by atoms with van der Waals surface area (Å²) in [6.07, 6.45) is 6.85. The van der Waals surface area contributed by atoms with Crippen LogP contribution in [0.2, 0.25) is 0 Å². The van der Waals surface area contributed by atoms with Crippen LogP contribution in [-0.2, 0) is 19.1 Å². The highest BCUT2D eigenvalue weighted by molar-refractivity contribution is 5.91. The van der Waals surface area contributed by atoms with Crippen molar-refractivity contribution in [3.05, 3.63) is 121 Å². The topological polar surface area (TPSA) is 165 Å². The first-order valence-electron chi connectivity index (χ1n) is 18.8. The van der Waals surface area contributed by atoms with Crippen molar-refractivity contribution in [3.8, 4) is 33.6 Å². The van der Waals surface area contributed by atoms with Crippen LogP contribution >= 0.6 is 0 Å². The van der Waals surface area contributed by atoms with E-state index in [1.165, 1.54) is 7.11 Å². The van der Waals surface area contributed by atoms with E-state index in [2.05, 4.69) is 91.0 Å². The van der Waals surface area contributed by atoms with Crippen LogP contribution in [0.4, 0.5) is 4.79 Å². The Bertz CT molecular complexity index is 2370. The summed E-state index contributed by atoms with van der Waals surface area (Å²) < 4.78 is 4.59. The van der Waals surface area contributed by atoms with E-state index in [0.29, 0.717) is 19.5 Å². The zero-order valence-corrected chi connectivity index (χ0v) is 30.9. The number of nitrogens with one attached hydrogen (secondary N) is 4. The second-order valence-corrected chi connectivity index (χ2v) is 14.1. The van der Waals surface area contributed by atoms with Crippen molar-refractivity contribution < 1.29 is 23.9 Å². The van der Waals surface area contributed by atoms with E-state index < -0.39 is 12.1 Å². The standard InChI is InChI=1S/C43H42N8O5/c1-56-43(55)46-25-38(53)50-19-5-9-36(50)40-45-24-35(49-40)33-18-17-31-21-30(15-16-32(31)22-33)27-11-13-28(14-12-27)34-23-44-41(48-34)37-10-6-20-51(37)42(54)39(47-26-52)29-7-3-2-4-8-29/h2-4,7-8,11-18,21-24,26,36-37,39H,5-6,9-10,19-20,25H2,1H3,(H,44,48)(H,45,49)(H,46,55)(H,47,52). The molecule has 2 fully saturated rings. The number of benzene rings is 4. The summed E-state index contributed by atoms with van der Waals surface area (Å²) in [5.41, 5.74) is 6.64. The van der Waals surface area contributed by atoms with E-state index in [4.69, 9.17) is 4.98 Å². The molecule has 4 aromatic carbocycles. The van der Waals surface area contributed by atoms with Gasteiger partial charge in [-0.05, 0) is 70.8 Å². The number of likely N-dealkylation sites (tertiary alicyclic amines) is 2. The molecule has 4 heterocycles. The maximum Gasteiger partial charge on any atom is 0.407 e. The van der Waals surface area contributed by atoms with E-state index >= 15 is 0 Å². The second kappa shape index (κ2) is 15.9. The highest BCUT2D eigenvalue weighted by atomic mass is 16.5. The van der Waals surface area contributed by atoms with Gasteiger partial charge in [0.15, 0.2) is 0 Å². The van der Waals surface area contributed by atoms with E-state index in [9.17, 15) is 19.2 Å². The van der Waals surface area contributed by atoms with Gasteiger partial charge in [0, 0.05) is 18.7 Å². The Kier molecular flexibility index (Phi) is 10.3. The van der Waals surface area contributed by atoms with Gasteiger partial charge in [-0.1, -0.05) is 78.9 Å². The number of carbonyl (C=O) groups is 4. The lowest BCUT2D eigenvalue weighted by Gasteiger charge is -2.28. The second-order valence-electron chi connectivity index (χ2n) is 14.1. The highest BCUT2D eigenvalue weighted by Crippen LogP contribution is 2.36. The first kappa shape index (κ1) is 36.2. The molecule has 0 bridgehead atoms. The lowest BCUT2D eigenvalue weighted by atomic mass is 9.98. The minimum absolute atomic E-state index is 0.122. The molecule has 2 aliphatic heterocycles. The number of amides is 4. The van der Waals surface area contributed by atoms with Gasteiger partial charge in [0.25, 0.3) is 0 Å². The summed E-state index contributed by atoms with van der Waals surface area (Å²) in [6.45, 7) is 1.08. The van der Waals surface area contributed by atoms with Gasteiger partial charge in [0.2, 0.25) is 18.2 Å². The smallest absolute Gasteiger partial charge is 0.407 e. The van der Waals surface area contributed by atoms with Crippen LogP contribution < -0.4 is 10.6 Å². The van der Waals surface area contributed by atoms with Gasteiger partial charge >= 0.3 is 6.09 Å². The molecule has 3 unspecified atom stereocenters. The van der Waals surface area contributed by atoms with E-state index in [1.54, 1.807) is 11.1 Å². The number of H-pyrrole nitrogens is 2. The summed E-state index contributed by atoms with van der Waals surface area (Å²) in [5.74, 6) is 1.13. The van der Waals surface area contributed by atoms with Gasteiger partial charge in [0.1, 0.15) is 24.2 Å². The maximum absolute atomic E-state index is 13.7. The van der Waals surface area contributed by atoms with E-state index in [1.807, 2.05) is 41.4 Å². The number of rotatable bonds is 11. The average Bonchev–Trinajstić information content (AvgIpc) is 4.09. The number of nitrogens with zero attached hydrogens (tertiary/aromatic N) is 4. The number of imidazole rings is 2. The van der Waals surface area contributed by atoms with Crippen LogP contribution in [-0.4, -0.2) is 80.8 Å². The summed E-state index contributed by atoms with van der Waals surface area (Å²) in [5, 5.41) is 7.37. The van der Waals surface area contributed by atoms with E-state index in [-0.39, 0.29) is 30.4 Å². The van der Waals surface area contributed by atoms with Crippen molar-refractivity contribution >= 4 is 35.1 Å². The fraction of sp³-hybridized carbons (Fsp3) is 0.256. The Labute approximate surface area is 323 Å². The maximum atomic E-state index is 13.7. The minimum atomic E-state index is -0.753. The third-order valence-corrected chi connectivity index (χ3v) is 10.8. The lowest BCUT2D eigenvalue weighted by Crippen LogP contribution is -2.40. The van der Waals surface area contributed by atoms with Crippen LogP contribution in [0.25, 0.3) is 44.4 Å². The fourth-order valence-electron chi connectivity index (χ4n) is 7.92. The van der Waals surface area contributed by atoms with Gasteiger partial charge in [0.05, 0.1) is 43.0 Å². The Morgan fingerprint density at radius 2 is 1.34 bits per heavy atom. The molecule has 2 saturated heterocycles. The number of hydrogen-bond donors (Lipinski definition) is 4. The molecule has 0 aliphatic carbocycles. The molecule has 13 nitrogen and oxygen atoms in total. The number of carbonyl (C=O) groups excluding carboxylic acids is 4. The Morgan fingerprint density at radius 1 is 0.768 bits per heavy atom. The molecule has 2 aromatic heterocycles. The SMILES string of the molecule is COC(=O)NCC(=O)N1CCCC1c1ncc(-c2ccc3cc(-c4ccc(-c5cnc(C6CCCN6C(=O)C(NC=O)c6ccccc6)[nH]5)cc4)ccc3c2)[nH]1. The average molecular weight is 751 g/mol. The van der Waals surface area contributed by atoms with Crippen LogP contribution in [0.1, 0.15) is 61.0 Å². The van der Waals surface area contributed by atoms with Crippen LogP contribution in [0.3, 0.4) is 0 Å². The number of aromatic nitrogens is 4. The van der Waals surface area contributed by atoms with Gasteiger partial charge in [-0.25, -0.2) is 14.8 Å². The van der Waals surface area contributed by atoms with Crippen molar-refractivity contribution in [2.75, 3.05) is 26.7 Å². The molecule has 0 saturated carbocycles. The molecule has 8 rings (SSSR count). The minimum Gasteiger partial charge on any atom is -0.453 e. The summed E-state index contributed by atoms with van der Waals surface area (Å²) in [6, 6.07) is 29.2. The Hall–Kier alpha value is -6.76. The third kappa shape index (κ3) is 7.35. The predicted molar refractivity (Wildman–Crippen MR) is 211 cm³/mol. The summed E-state index contributed by atoms with van der Waals surface area (Å²) >= 11 is 0. The fourth-order valence-corrected chi connectivity index (χ4v) is 7.92. The Balaban J connectivity index is 0.938. The Morgan fingerprint density at radius 3 is 2.00 bits per heavy atom. The molecule has 3 atom stereocenters. The molecule has 4 N–H and O–H groups in total. The number of aromatic amines is 2. The first-order chi connectivity index (χ1) is 27.4. The molecule has 2 aliphatic rings. The third-order valence-electron chi connectivity index (χ3n) is 10.8. The molecule has 13 heteroatoms. The molecule has 6 aromatic rings. The first-order valence-corrected chi connectivity index (χ1v) is 18.8. The van der Waals surface area contributed by atoms with Gasteiger partial charge < -0.3 is 35.1 Å². The van der Waals surface area contributed by atoms with Crippen molar-refractivity contribution in [1.29, 1.82) is 0 Å². The van der Waals surface area contributed by atoms with Gasteiger partial charge in [-0.2, -0.15) is 0 Å². The molecule has 0 spiro atoms. The number of hydrogen-bond acceptors (Lipinski definition) is 7. The van der Waals surface area contributed by atoms with Gasteiger partial charge in [-0.3, -0.25) is 14.4 Å². The number of alkyl carbamates (subject to hydrolysis) is 1. The van der Waals surface area contributed by atoms with Crippen molar-refractivity contribution in [3.63, 3.8) is 0 Å². The molecule has 284 valence electrons. The van der Waals surface area contributed by atoms with Crippen LogP contribution in [0.15, 0.2) is 103 Å². The molecule has 0 radical (unpaired) electrons. The number of methoxy groups -OCH3 is 1. The summed E-state index contributed by atoms with van der Waals surface area (Å²) in [7, 11) is 1.27. The molecule has 4 amide bonds. The zero-order chi connectivity index (χ0) is 38.6. The van der Waals surface area contributed by atoms with Crippen molar-refractivity contribution in [2.24, 2.45) is 0 Å². The molecular formula is C43H42N8O5.